The second-order valence-electron chi connectivity index (χ2n) is 4.12. The predicted molar refractivity (Wildman–Crippen MR) is 50.8 cm³/mol. The first-order valence-corrected chi connectivity index (χ1v) is 5.16. The van der Waals surface area contributed by atoms with Crippen molar-refractivity contribution >= 4 is 0 Å². The van der Waals surface area contributed by atoms with E-state index in [9.17, 15) is 0 Å². The van der Waals surface area contributed by atoms with Crippen LogP contribution < -0.4 is 0 Å². The number of hydrogen-bond donors (Lipinski definition) is 0. The fraction of sp³-hybridized carbons (Fsp3) is 0.900. The van der Waals surface area contributed by atoms with Gasteiger partial charge in [0.15, 0.2) is 0 Å². The second kappa shape index (κ2) is 3.75. The first kappa shape index (κ1) is 8.52. The Morgan fingerprint density at radius 3 is 2.42 bits per heavy atom. The summed E-state index contributed by atoms with van der Waals surface area (Å²) in [6, 6.07) is 0.753. The lowest BCUT2D eigenvalue weighted by molar-refractivity contribution is 0.235. The molecule has 2 nitrogen and oxygen atoms in total. The van der Waals surface area contributed by atoms with E-state index < -0.39 is 0 Å². The lowest BCUT2D eigenvalue weighted by Gasteiger charge is -2.30. The Hall–Kier alpha value is -0.0800. The molecule has 70 valence electrons. The summed E-state index contributed by atoms with van der Waals surface area (Å²) in [5, 5.41) is 0. The number of hydrogen-bond acceptors (Lipinski definition) is 2. The van der Waals surface area contributed by atoms with Crippen molar-refractivity contribution < 1.29 is 0 Å². The van der Waals surface area contributed by atoms with Crippen LogP contribution in [0.15, 0.2) is 0 Å². The molecule has 0 saturated carbocycles. The SMILES string of the molecule is [CH2-]N1CCCC1CN1CCCC1. The van der Waals surface area contributed by atoms with Crippen molar-refractivity contribution in [2.45, 2.75) is 31.7 Å². The van der Waals surface area contributed by atoms with Crippen molar-refractivity contribution in [2.75, 3.05) is 26.2 Å². The molecule has 2 saturated heterocycles. The van der Waals surface area contributed by atoms with Gasteiger partial charge >= 0.3 is 0 Å². The van der Waals surface area contributed by atoms with Gasteiger partial charge in [0, 0.05) is 6.54 Å². The third-order valence-corrected chi connectivity index (χ3v) is 3.17. The molecule has 1 atom stereocenters. The smallest absolute Gasteiger partial charge is 0.0114 e. The van der Waals surface area contributed by atoms with Gasteiger partial charge in [0.1, 0.15) is 0 Å². The van der Waals surface area contributed by atoms with Gasteiger partial charge in [0.2, 0.25) is 0 Å². The van der Waals surface area contributed by atoms with Crippen LogP contribution in [0.5, 0.6) is 0 Å². The first-order valence-electron chi connectivity index (χ1n) is 5.16. The third kappa shape index (κ3) is 1.80. The lowest BCUT2D eigenvalue weighted by Crippen LogP contribution is -2.36. The number of nitrogens with zero attached hydrogens (tertiary/aromatic N) is 2. The maximum absolute atomic E-state index is 4.07. The van der Waals surface area contributed by atoms with Crippen LogP contribution in [0, 0.1) is 7.05 Å². The summed E-state index contributed by atoms with van der Waals surface area (Å²) >= 11 is 0. The zero-order chi connectivity index (χ0) is 8.39. The molecule has 12 heavy (non-hydrogen) atoms. The predicted octanol–water partition coefficient (Wildman–Crippen LogP) is 1.34. The molecule has 2 aliphatic heterocycles. The highest BCUT2D eigenvalue weighted by Gasteiger charge is 2.20. The fourth-order valence-electron chi connectivity index (χ4n) is 2.37. The maximum Gasteiger partial charge on any atom is 0.0114 e. The minimum atomic E-state index is 0.753. The van der Waals surface area contributed by atoms with Crippen LogP contribution in [0.4, 0.5) is 0 Å². The molecule has 0 radical (unpaired) electrons. The molecule has 2 aliphatic rings. The van der Waals surface area contributed by atoms with E-state index in [1.165, 1.54) is 51.9 Å². The molecule has 0 aromatic rings. The van der Waals surface area contributed by atoms with Crippen LogP contribution in [0.25, 0.3) is 0 Å². The zero-order valence-electron chi connectivity index (χ0n) is 7.84. The maximum atomic E-state index is 4.07. The molecular weight excluding hydrogens is 148 g/mol. The highest BCUT2D eigenvalue weighted by atomic mass is 15.2. The molecule has 0 bridgehead atoms. The quantitative estimate of drug-likeness (QED) is 0.573. The van der Waals surface area contributed by atoms with Crippen LogP contribution in [-0.4, -0.2) is 42.0 Å². The van der Waals surface area contributed by atoms with Crippen LogP contribution in [0.3, 0.4) is 0 Å². The van der Waals surface area contributed by atoms with Gasteiger partial charge in [-0.1, -0.05) is 0 Å². The Balaban J connectivity index is 1.77. The average molecular weight is 167 g/mol. The summed E-state index contributed by atoms with van der Waals surface area (Å²) < 4.78 is 0. The van der Waals surface area contributed by atoms with Gasteiger partial charge in [-0.05, 0) is 51.4 Å². The molecule has 0 aromatic heterocycles. The van der Waals surface area contributed by atoms with E-state index in [-0.39, 0.29) is 0 Å². The van der Waals surface area contributed by atoms with Crippen LogP contribution in [0.1, 0.15) is 25.7 Å². The Morgan fingerprint density at radius 2 is 1.83 bits per heavy atom. The van der Waals surface area contributed by atoms with Crippen LogP contribution >= 0.6 is 0 Å². The topological polar surface area (TPSA) is 6.48 Å². The Labute approximate surface area is 75.5 Å². The second-order valence-corrected chi connectivity index (χ2v) is 4.12. The molecule has 0 aliphatic carbocycles. The summed E-state index contributed by atoms with van der Waals surface area (Å²) in [6.07, 6.45) is 5.52. The van der Waals surface area contributed by atoms with E-state index in [0.717, 1.165) is 6.04 Å². The Morgan fingerprint density at radius 1 is 1.08 bits per heavy atom. The van der Waals surface area contributed by atoms with Crippen molar-refractivity contribution in [3.8, 4) is 0 Å². The molecular formula is C10H19N2-. The molecule has 2 rings (SSSR count). The highest BCUT2D eigenvalue weighted by Crippen LogP contribution is 2.18. The molecule has 0 aromatic carbocycles. The van der Waals surface area contributed by atoms with Crippen molar-refractivity contribution in [1.82, 2.24) is 9.80 Å². The number of likely N-dealkylation sites (tertiary alicyclic amines) is 2. The van der Waals surface area contributed by atoms with Gasteiger partial charge in [-0.2, -0.15) is 0 Å². The summed E-state index contributed by atoms with van der Waals surface area (Å²) in [5.74, 6) is 0. The van der Waals surface area contributed by atoms with Crippen LogP contribution in [-0.2, 0) is 0 Å². The van der Waals surface area contributed by atoms with Gasteiger partial charge in [-0.25, -0.2) is 0 Å². The van der Waals surface area contributed by atoms with E-state index in [1.54, 1.807) is 0 Å². The van der Waals surface area contributed by atoms with Gasteiger partial charge in [-0.15, -0.1) is 0 Å². The molecule has 2 heteroatoms. The minimum absolute atomic E-state index is 0.753. The molecule has 1 unspecified atom stereocenters. The highest BCUT2D eigenvalue weighted by molar-refractivity contribution is 4.82. The lowest BCUT2D eigenvalue weighted by atomic mass is 10.2. The van der Waals surface area contributed by atoms with E-state index >= 15 is 0 Å². The van der Waals surface area contributed by atoms with Crippen molar-refractivity contribution in [2.24, 2.45) is 0 Å². The Bertz CT molecular complexity index is 141. The standard InChI is InChI=1S/C10H19N2/c1-11-6-4-5-10(11)9-12-7-2-3-8-12/h10H,1-9H2/q-1. The largest absolute Gasteiger partial charge is 0.456 e. The van der Waals surface area contributed by atoms with Crippen molar-refractivity contribution in [1.29, 1.82) is 0 Å². The van der Waals surface area contributed by atoms with Gasteiger partial charge in [-0.3, -0.25) is 7.05 Å². The molecule has 0 spiro atoms. The third-order valence-electron chi connectivity index (χ3n) is 3.17. The molecule has 0 N–H and O–H groups in total. The monoisotopic (exact) mass is 167 g/mol. The summed E-state index contributed by atoms with van der Waals surface area (Å²) in [5.41, 5.74) is 0. The Kier molecular flexibility index (Phi) is 2.66. The van der Waals surface area contributed by atoms with Crippen molar-refractivity contribution in [3.05, 3.63) is 7.05 Å². The van der Waals surface area contributed by atoms with Crippen LogP contribution in [0.2, 0.25) is 0 Å². The van der Waals surface area contributed by atoms with E-state index in [1.807, 2.05) is 0 Å². The summed E-state index contributed by atoms with van der Waals surface area (Å²) in [6.45, 7) is 5.12. The van der Waals surface area contributed by atoms with E-state index in [4.69, 9.17) is 0 Å². The molecule has 0 amide bonds. The molecule has 2 heterocycles. The number of rotatable bonds is 2. The first-order chi connectivity index (χ1) is 5.86. The van der Waals surface area contributed by atoms with Gasteiger partial charge in [0.05, 0.1) is 0 Å². The summed E-state index contributed by atoms with van der Waals surface area (Å²) in [4.78, 5) is 4.87. The minimum Gasteiger partial charge on any atom is -0.456 e. The average Bonchev–Trinajstić information content (AvgIpc) is 2.65. The van der Waals surface area contributed by atoms with Gasteiger partial charge < -0.3 is 9.80 Å². The zero-order valence-corrected chi connectivity index (χ0v) is 7.84. The molecule has 2 fully saturated rings. The normalized spacial score (nSPS) is 33.2. The van der Waals surface area contributed by atoms with E-state index in [2.05, 4.69) is 16.8 Å². The fourth-order valence-corrected chi connectivity index (χ4v) is 2.37. The summed E-state index contributed by atoms with van der Waals surface area (Å²) in [7, 11) is 4.07. The van der Waals surface area contributed by atoms with E-state index in [0.29, 0.717) is 0 Å². The van der Waals surface area contributed by atoms with Gasteiger partial charge in [0.25, 0.3) is 0 Å². The van der Waals surface area contributed by atoms with Crippen molar-refractivity contribution in [3.63, 3.8) is 0 Å².